The van der Waals surface area contributed by atoms with Crippen LogP contribution in [0.3, 0.4) is 0 Å². The molecule has 1 N–H and O–H groups in total. The molecule has 2 aromatic rings. The van der Waals surface area contributed by atoms with E-state index in [-0.39, 0.29) is 16.6 Å². The molecule has 94 valence electrons. The Morgan fingerprint density at radius 3 is 2.61 bits per heavy atom. The van der Waals surface area contributed by atoms with Crippen LogP contribution < -0.4 is 0 Å². The van der Waals surface area contributed by atoms with Crippen LogP contribution in [0.5, 0.6) is 0 Å². The Hall–Kier alpha value is -1.95. The van der Waals surface area contributed by atoms with Crippen molar-refractivity contribution in [2.75, 3.05) is 0 Å². The first-order valence-electron chi connectivity index (χ1n) is 5.30. The molecule has 7 heteroatoms. The van der Waals surface area contributed by atoms with Crippen molar-refractivity contribution in [1.29, 1.82) is 0 Å². The minimum atomic E-state index is -1.10. The van der Waals surface area contributed by atoms with E-state index in [4.69, 9.17) is 11.6 Å². The molecule has 0 radical (unpaired) electrons. The highest BCUT2D eigenvalue weighted by Crippen LogP contribution is 2.27. The van der Waals surface area contributed by atoms with Crippen molar-refractivity contribution in [3.8, 4) is 5.82 Å². The third-order valence-electron chi connectivity index (χ3n) is 2.38. The lowest BCUT2D eigenvalue weighted by Gasteiger charge is -2.00. The summed E-state index contributed by atoms with van der Waals surface area (Å²) in [5.74, 6) is -0.762. The standard InChI is InChI=1S/C11H11ClN4O2/c1-6(2)9-8(11(17)18)10(12)16(15-9)7-5-13-3-4-14-7/h3-6H,1-2H3,(H,17,18). The monoisotopic (exact) mass is 266 g/mol. The number of rotatable bonds is 3. The van der Waals surface area contributed by atoms with Gasteiger partial charge in [0.1, 0.15) is 10.7 Å². The number of aromatic carboxylic acids is 1. The van der Waals surface area contributed by atoms with Crippen LogP contribution in [0, 0.1) is 0 Å². The van der Waals surface area contributed by atoms with Gasteiger partial charge in [0.15, 0.2) is 5.82 Å². The molecule has 0 aromatic carbocycles. The van der Waals surface area contributed by atoms with Gasteiger partial charge in [0.2, 0.25) is 0 Å². The van der Waals surface area contributed by atoms with Gasteiger partial charge in [-0.05, 0) is 5.92 Å². The van der Waals surface area contributed by atoms with Crippen LogP contribution in [0.1, 0.15) is 35.8 Å². The molecule has 18 heavy (non-hydrogen) atoms. The summed E-state index contributed by atoms with van der Waals surface area (Å²) >= 11 is 6.05. The zero-order valence-corrected chi connectivity index (χ0v) is 10.6. The molecule has 0 spiro atoms. The molecule has 0 aliphatic heterocycles. The number of carbonyl (C=O) groups is 1. The summed E-state index contributed by atoms with van der Waals surface area (Å²) in [7, 11) is 0. The summed E-state index contributed by atoms with van der Waals surface area (Å²) in [5, 5.41) is 13.4. The minimum Gasteiger partial charge on any atom is -0.478 e. The predicted octanol–water partition coefficient (Wildman–Crippen LogP) is 2.14. The second kappa shape index (κ2) is 4.73. The van der Waals surface area contributed by atoms with Crippen LogP contribution in [-0.4, -0.2) is 30.8 Å². The smallest absolute Gasteiger partial charge is 0.340 e. The number of nitrogens with zero attached hydrogens (tertiary/aromatic N) is 4. The fourth-order valence-electron chi connectivity index (χ4n) is 1.57. The van der Waals surface area contributed by atoms with E-state index in [2.05, 4.69) is 15.1 Å². The lowest BCUT2D eigenvalue weighted by Crippen LogP contribution is -2.01. The maximum Gasteiger partial charge on any atom is 0.340 e. The lowest BCUT2D eigenvalue weighted by molar-refractivity contribution is 0.0695. The van der Waals surface area contributed by atoms with Crippen LogP contribution >= 0.6 is 11.6 Å². The Balaban J connectivity index is 2.64. The van der Waals surface area contributed by atoms with E-state index in [1.807, 2.05) is 13.8 Å². The Labute approximate surface area is 108 Å². The quantitative estimate of drug-likeness (QED) is 0.920. The van der Waals surface area contributed by atoms with Crippen LogP contribution in [0.25, 0.3) is 5.82 Å². The van der Waals surface area contributed by atoms with Gasteiger partial charge >= 0.3 is 5.97 Å². The van der Waals surface area contributed by atoms with Gasteiger partial charge in [0, 0.05) is 12.4 Å². The molecule has 0 unspecified atom stereocenters. The first kappa shape index (κ1) is 12.5. The van der Waals surface area contributed by atoms with Crippen LogP contribution in [0.2, 0.25) is 5.15 Å². The van der Waals surface area contributed by atoms with Gasteiger partial charge in [-0.15, -0.1) is 0 Å². The van der Waals surface area contributed by atoms with Gasteiger partial charge < -0.3 is 5.11 Å². The predicted molar refractivity (Wildman–Crippen MR) is 65.2 cm³/mol. The van der Waals surface area contributed by atoms with Gasteiger partial charge in [-0.3, -0.25) is 4.98 Å². The molecular formula is C11H11ClN4O2. The van der Waals surface area contributed by atoms with E-state index >= 15 is 0 Å². The van der Waals surface area contributed by atoms with Crippen LogP contribution in [0.4, 0.5) is 0 Å². The van der Waals surface area contributed by atoms with Gasteiger partial charge in [-0.2, -0.15) is 5.10 Å². The average Bonchev–Trinajstić information content (AvgIpc) is 2.68. The van der Waals surface area contributed by atoms with Crippen molar-refractivity contribution in [3.05, 3.63) is 35.0 Å². The van der Waals surface area contributed by atoms with Gasteiger partial charge in [-0.25, -0.2) is 14.5 Å². The number of hydrogen-bond acceptors (Lipinski definition) is 4. The molecular weight excluding hydrogens is 256 g/mol. The molecule has 0 saturated heterocycles. The molecule has 2 heterocycles. The summed E-state index contributed by atoms with van der Waals surface area (Å²) in [6, 6.07) is 0. The average molecular weight is 267 g/mol. The lowest BCUT2D eigenvalue weighted by atomic mass is 10.1. The SMILES string of the molecule is CC(C)c1nn(-c2cnccn2)c(Cl)c1C(=O)O. The summed E-state index contributed by atoms with van der Waals surface area (Å²) < 4.78 is 1.29. The summed E-state index contributed by atoms with van der Waals surface area (Å²) in [6.07, 6.45) is 4.47. The first-order chi connectivity index (χ1) is 8.52. The van der Waals surface area contributed by atoms with Gasteiger partial charge in [0.25, 0.3) is 0 Å². The van der Waals surface area contributed by atoms with Crippen LogP contribution in [0.15, 0.2) is 18.6 Å². The fourth-order valence-corrected chi connectivity index (χ4v) is 1.87. The zero-order chi connectivity index (χ0) is 13.3. The van der Waals surface area contributed by atoms with E-state index in [1.54, 1.807) is 0 Å². The summed E-state index contributed by atoms with van der Waals surface area (Å²) in [4.78, 5) is 19.2. The van der Waals surface area contributed by atoms with Gasteiger partial charge in [0.05, 0.1) is 11.9 Å². The third kappa shape index (κ3) is 2.06. The van der Waals surface area contributed by atoms with Crippen molar-refractivity contribution in [2.45, 2.75) is 19.8 Å². The van der Waals surface area contributed by atoms with Crippen molar-refractivity contribution in [3.63, 3.8) is 0 Å². The summed E-state index contributed by atoms with van der Waals surface area (Å²) in [5.41, 5.74) is 0.440. The molecule has 0 fully saturated rings. The van der Waals surface area contributed by atoms with E-state index in [0.29, 0.717) is 11.5 Å². The molecule has 0 bridgehead atoms. The molecule has 2 aromatic heterocycles. The zero-order valence-electron chi connectivity index (χ0n) is 9.83. The molecule has 0 aliphatic carbocycles. The largest absolute Gasteiger partial charge is 0.478 e. The third-order valence-corrected chi connectivity index (χ3v) is 2.73. The highest BCUT2D eigenvalue weighted by Gasteiger charge is 2.25. The molecule has 0 amide bonds. The van der Waals surface area contributed by atoms with Crippen molar-refractivity contribution < 1.29 is 9.90 Å². The normalized spacial score (nSPS) is 10.9. The van der Waals surface area contributed by atoms with Crippen molar-refractivity contribution >= 4 is 17.6 Å². The Morgan fingerprint density at radius 2 is 2.17 bits per heavy atom. The van der Waals surface area contributed by atoms with E-state index in [0.717, 1.165) is 0 Å². The number of hydrogen-bond donors (Lipinski definition) is 1. The number of carboxylic acid groups (broad SMARTS) is 1. The van der Waals surface area contributed by atoms with E-state index in [9.17, 15) is 9.90 Å². The topological polar surface area (TPSA) is 80.9 Å². The number of halogens is 1. The molecule has 0 atom stereocenters. The van der Waals surface area contributed by atoms with Crippen molar-refractivity contribution in [2.24, 2.45) is 0 Å². The Kier molecular flexibility index (Phi) is 3.29. The fraction of sp³-hybridized carbons (Fsp3) is 0.273. The number of aromatic nitrogens is 4. The molecule has 0 aliphatic rings. The van der Waals surface area contributed by atoms with E-state index < -0.39 is 5.97 Å². The second-order valence-corrected chi connectivity index (χ2v) is 4.34. The molecule has 6 nitrogen and oxygen atoms in total. The first-order valence-corrected chi connectivity index (χ1v) is 5.68. The number of carboxylic acids is 1. The highest BCUT2D eigenvalue weighted by atomic mass is 35.5. The minimum absolute atomic E-state index is 0.0114. The maximum absolute atomic E-state index is 11.2. The highest BCUT2D eigenvalue weighted by molar-refractivity contribution is 6.32. The molecule has 0 saturated carbocycles. The summed E-state index contributed by atoms with van der Waals surface area (Å²) in [6.45, 7) is 3.71. The Bertz CT molecular complexity index is 580. The second-order valence-electron chi connectivity index (χ2n) is 3.99. The van der Waals surface area contributed by atoms with Crippen LogP contribution in [-0.2, 0) is 0 Å². The van der Waals surface area contributed by atoms with E-state index in [1.165, 1.54) is 23.3 Å². The van der Waals surface area contributed by atoms with Gasteiger partial charge in [-0.1, -0.05) is 25.4 Å². The molecule has 2 rings (SSSR count). The Morgan fingerprint density at radius 1 is 1.44 bits per heavy atom. The van der Waals surface area contributed by atoms with Crippen molar-refractivity contribution in [1.82, 2.24) is 19.7 Å². The maximum atomic E-state index is 11.2.